The predicted molar refractivity (Wildman–Crippen MR) is 44.1 cm³/mol. The Morgan fingerprint density at radius 2 is 1.90 bits per heavy atom. The molecule has 2 heteroatoms. The van der Waals surface area contributed by atoms with Gasteiger partial charge < -0.3 is 11.5 Å². The van der Waals surface area contributed by atoms with Gasteiger partial charge in [0.1, 0.15) is 0 Å². The molecule has 0 spiro atoms. The number of nitrogens with two attached hydrogens (primary N) is 2. The first-order valence-corrected chi connectivity index (χ1v) is 3.01. The maximum Gasteiger partial charge on any atom is 0.0408 e. The van der Waals surface area contributed by atoms with E-state index < -0.39 is 0 Å². The van der Waals surface area contributed by atoms with Gasteiger partial charge in [-0.25, -0.2) is 0 Å². The lowest BCUT2D eigenvalue weighted by molar-refractivity contribution is 1.53. The molecule has 0 aliphatic heterocycles. The van der Waals surface area contributed by atoms with Crippen LogP contribution in [0.5, 0.6) is 0 Å². The van der Waals surface area contributed by atoms with E-state index >= 15 is 0 Å². The van der Waals surface area contributed by atoms with Crippen molar-refractivity contribution in [2.24, 2.45) is 5.73 Å². The third-order valence-electron chi connectivity index (χ3n) is 1.31. The van der Waals surface area contributed by atoms with E-state index in [4.69, 9.17) is 11.5 Å². The number of anilines is 1. The average molecular weight is 134 g/mol. The van der Waals surface area contributed by atoms with Crippen LogP contribution in [0, 0.1) is 0 Å². The summed E-state index contributed by atoms with van der Waals surface area (Å²) in [5.41, 5.74) is 13.0. The Kier molecular flexibility index (Phi) is 1.63. The Morgan fingerprint density at radius 3 is 2.30 bits per heavy atom. The summed E-state index contributed by atoms with van der Waals surface area (Å²) >= 11 is 0. The van der Waals surface area contributed by atoms with E-state index in [2.05, 4.69) is 6.58 Å². The van der Waals surface area contributed by atoms with Gasteiger partial charge in [0.05, 0.1) is 0 Å². The van der Waals surface area contributed by atoms with Crippen molar-refractivity contribution in [2.45, 2.75) is 0 Å². The molecule has 4 N–H and O–H groups in total. The zero-order valence-electron chi connectivity index (χ0n) is 5.67. The lowest BCUT2D eigenvalue weighted by Gasteiger charge is -2.01. The zero-order valence-corrected chi connectivity index (χ0v) is 5.67. The molecule has 0 aliphatic carbocycles. The zero-order chi connectivity index (χ0) is 7.56. The molecule has 0 fully saturated rings. The minimum atomic E-state index is 0.512. The normalized spacial score (nSPS) is 9.20. The summed E-state index contributed by atoms with van der Waals surface area (Å²) in [6.07, 6.45) is 0. The first-order chi connectivity index (χ1) is 4.72. The van der Waals surface area contributed by atoms with E-state index in [1.807, 2.05) is 18.2 Å². The minimum Gasteiger partial charge on any atom is -0.399 e. The fourth-order valence-electron chi connectivity index (χ4n) is 0.789. The second-order valence-corrected chi connectivity index (χ2v) is 2.11. The highest BCUT2D eigenvalue weighted by atomic mass is 14.6. The SMILES string of the molecule is C=C(N)c1ccccc1N. The molecule has 0 amide bonds. The molecule has 0 bridgehead atoms. The Morgan fingerprint density at radius 1 is 1.30 bits per heavy atom. The van der Waals surface area contributed by atoms with E-state index in [0.29, 0.717) is 11.4 Å². The predicted octanol–water partition coefficient (Wildman–Crippen LogP) is 1.20. The Balaban J connectivity index is 3.15. The quantitative estimate of drug-likeness (QED) is 0.567. The fourth-order valence-corrected chi connectivity index (χ4v) is 0.789. The van der Waals surface area contributed by atoms with Crippen molar-refractivity contribution in [3.63, 3.8) is 0 Å². The highest BCUT2D eigenvalue weighted by Crippen LogP contribution is 2.14. The van der Waals surface area contributed by atoms with Gasteiger partial charge in [0, 0.05) is 16.9 Å². The van der Waals surface area contributed by atoms with Crippen LogP contribution in [0.4, 0.5) is 5.69 Å². The molecule has 0 heterocycles. The fraction of sp³-hybridized carbons (Fsp3) is 0. The van der Waals surface area contributed by atoms with Gasteiger partial charge in [-0.1, -0.05) is 24.8 Å². The van der Waals surface area contributed by atoms with Gasteiger partial charge in [-0.05, 0) is 6.07 Å². The van der Waals surface area contributed by atoms with Crippen molar-refractivity contribution >= 4 is 11.4 Å². The van der Waals surface area contributed by atoms with Crippen LogP contribution >= 0.6 is 0 Å². The smallest absolute Gasteiger partial charge is 0.0408 e. The van der Waals surface area contributed by atoms with Crippen LogP contribution in [0.1, 0.15) is 5.56 Å². The van der Waals surface area contributed by atoms with Crippen molar-refractivity contribution < 1.29 is 0 Å². The largest absolute Gasteiger partial charge is 0.399 e. The molecule has 2 nitrogen and oxygen atoms in total. The van der Waals surface area contributed by atoms with Crippen molar-refractivity contribution in [1.29, 1.82) is 0 Å². The standard InChI is InChI=1S/C8H10N2/c1-6(9)7-4-2-3-5-8(7)10/h2-5H,1,9-10H2. The number of para-hydroxylation sites is 1. The topological polar surface area (TPSA) is 52.0 Å². The third kappa shape index (κ3) is 1.10. The maximum atomic E-state index is 5.58. The second kappa shape index (κ2) is 2.43. The van der Waals surface area contributed by atoms with Crippen molar-refractivity contribution in [2.75, 3.05) is 5.73 Å². The van der Waals surface area contributed by atoms with Crippen LogP contribution in [0.2, 0.25) is 0 Å². The van der Waals surface area contributed by atoms with Crippen LogP contribution in [-0.4, -0.2) is 0 Å². The lowest BCUT2D eigenvalue weighted by Crippen LogP contribution is -1.98. The molecule has 52 valence electrons. The van der Waals surface area contributed by atoms with Gasteiger partial charge in [-0.2, -0.15) is 0 Å². The molecule has 0 saturated heterocycles. The van der Waals surface area contributed by atoms with Crippen molar-refractivity contribution in [3.05, 3.63) is 36.4 Å². The molecule has 0 saturated carbocycles. The summed E-state index contributed by atoms with van der Waals surface area (Å²) in [5, 5.41) is 0. The van der Waals surface area contributed by atoms with E-state index in [1.54, 1.807) is 6.07 Å². The van der Waals surface area contributed by atoms with E-state index in [0.717, 1.165) is 5.56 Å². The number of nitrogen functional groups attached to an aromatic ring is 1. The first kappa shape index (κ1) is 6.68. The molecule has 0 atom stereocenters. The van der Waals surface area contributed by atoms with Crippen LogP contribution in [0.3, 0.4) is 0 Å². The Bertz CT molecular complexity index is 253. The van der Waals surface area contributed by atoms with Gasteiger partial charge in [0.2, 0.25) is 0 Å². The number of benzene rings is 1. The average Bonchev–Trinajstić information content (AvgIpc) is 1.88. The molecular formula is C8H10N2. The third-order valence-corrected chi connectivity index (χ3v) is 1.31. The van der Waals surface area contributed by atoms with Gasteiger partial charge in [-0.3, -0.25) is 0 Å². The van der Waals surface area contributed by atoms with Crippen LogP contribution in [0.15, 0.2) is 30.8 Å². The molecular weight excluding hydrogens is 124 g/mol. The van der Waals surface area contributed by atoms with Crippen molar-refractivity contribution in [3.8, 4) is 0 Å². The molecule has 1 aromatic carbocycles. The summed E-state index contributed by atoms with van der Waals surface area (Å²) in [6, 6.07) is 7.39. The number of hydrogen-bond acceptors (Lipinski definition) is 2. The summed E-state index contributed by atoms with van der Waals surface area (Å²) in [5.74, 6) is 0. The highest BCUT2D eigenvalue weighted by molar-refractivity contribution is 5.71. The van der Waals surface area contributed by atoms with Crippen LogP contribution in [-0.2, 0) is 0 Å². The molecule has 1 aromatic rings. The summed E-state index contributed by atoms with van der Waals surface area (Å²) in [7, 11) is 0. The number of hydrogen-bond donors (Lipinski definition) is 2. The summed E-state index contributed by atoms with van der Waals surface area (Å²) in [4.78, 5) is 0. The van der Waals surface area contributed by atoms with Crippen molar-refractivity contribution in [1.82, 2.24) is 0 Å². The van der Waals surface area contributed by atoms with E-state index in [9.17, 15) is 0 Å². The molecule has 1 rings (SSSR count). The highest BCUT2D eigenvalue weighted by Gasteiger charge is 1.95. The summed E-state index contributed by atoms with van der Waals surface area (Å²) in [6.45, 7) is 3.58. The molecule has 10 heavy (non-hydrogen) atoms. The van der Waals surface area contributed by atoms with Gasteiger partial charge in [0.15, 0.2) is 0 Å². The van der Waals surface area contributed by atoms with E-state index in [-0.39, 0.29) is 0 Å². The van der Waals surface area contributed by atoms with E-state index in [1.165, 1.54) is 0 Å². The molecule has 0 radical (unpaired) electrons. The minimum absolute atomic E-state index is 0.512. The van der Waals surface area contributed by atoms with Gasteiger partial charge in [0.25, 0.3) is 0 Å². The Labute approximate surface area is 60.2 Å². The monoisotopic (exact) mass is 134 g/mol. The molecule has 0 aromatic heterocycles. The van der Waals surface area contributed by atoms with Crippen LogP contribution < -0.4 is 11.5 Å². The maximum absolute atomic E-state index is 5.58. The summed E-state index contributed by atoms with van der Waals surface area (Å²) < 4.78 is 0. The Hall–Kier alpha value is -1.44. The van der Waals surface area contributed by atoms with Gasteiger partial charge in [-0.15, -0.1) is 0 Å². The van der Waals surface area contributed by atoms with Gasteiger partial charge >= 0.3 is 0 Å². The van der Waals surface area contributed by atoms with Crippen LogP contribution in [0.25, 0.3) is 5.70 Å². The second-order valence-electron chi connectivity index (χ2n) is 2.11. The first-order valence-electron chi connectivity index (χ1n) is 3.01. The molecule has 0 unspecified atom stereocenters. The molecule has 0 aliphatic rings. The number of rotatable bonds is 1. The lowest BCUT2D eigenvalue weighted by atomic mass is 10.1.